The van der Waals surface area contributed by atoms with Crippen LogP contribution in [0, 0.1) is 0 Å². The Kier molecular flexibility index (Phi) is 2.49. The van der Waals surface area contributed by atoms with Crippen LogP contribution >= 0.6 is 22.9 Å². The molecule has 0 aliphatic heterocycles. The van der Waals surface area contributed by atoms with Gasteiger partial charge in [-0.2, -0.15) is 11.3 Å². The molecule has 2 rings (SSSR count). The molecule has 4 N–H and O–H groups in total. The average Bonchev–Trinajstić information content (AvgIpc) is 2.62. The van der Waals surface area contributed by atoms with Crippen LogP contribution in [0.25, 0.3) is 5.57 Å². The molecule has 0 aromatic carbocycles. The van der Waals surface area contributed by atoms with Gasteiger partial charge in [0.15, 0.2) is 0 Å². The van der Waals surface area contributed by atoms with Crippen LogP contribution in [-0.2, 0) is 0 Å². The monoisotopic (exact) mass is 226 g/mol. The first-order valence-corrected chi connectivity index (χ1v) is 5.59. The van der Waals surface area contributed by atoms with E-state index in [-0.39, 0.29) is 6.04 Å². The number of alkyl halides is 1. The van der Waals surface area contributed by atoms with Crippen molar-refractivity contribution in [2.24, 2.45) is 11.5 Å². The minimum Gasteiger partial charge on any atom is -0.321 e. The fraction of sp³-hybridized carbons (Fsp3) is 0.200. The lowest BCUT2D eigenvalue weighted by Crippen LogP contribution is -2.34. The zero-order valence-electron chi connectivity index (χ0n) is 7.48. The molecular weight excluding hydrogens is 216 g/mol. The highest BCUT2D eigenvalue weighted by atomic mass is 35.5. The standard InChI is InChI=1S/C10H11ClN2S/c11-10(13)3-1-9(12)8(5-10)7-2-4-14-6-7/h1-6,9H,12-13H2. The van der Waals surface area contributed by atoms with Crippen LogP contribution in [0.3, 0.4) is 0 Å². The summed E-state index contributed by atoms with van der Waals surface area (Å²) in [6.07, 6.45) is 5.36. The molecule has 2 nitrogen and oxygen atoms in total. The van der Waals surface area contributed by atoms with Gasteiger partial charge < -0.3 is 11.5 Å². The van der Waals surface area contributed by atoms with Crippen molar-refractivity contribution >= 4 is 28.5 Å². The van der Waals surface area contributed by atoms with E-state index in [2.05, 4.69) is 0 Å². The summed E-state index contributed by atoms with van der Waals surface area (Å²) < 4.78 is 0. The molecule has 74 valence electrons. The topological polar surface area (TPSA) is 52.0 Å². The second-order valence-corrected chi connectivity index (χ2v) is 4.76. The van der Waals surface area contributed by atoms with Crippen LogP contribution in [0.2, 0.25) is 0 Å². The van der Waals surface area contributed by atoms with Crippen molar-refractivity contribution in [1.82, 2.24) is 0 Å². The Hall–Kier alpha value is -0.610. The highest BCUT2D eigenvalue weighted by Gasteiger charge is 2.23. The van der Waals surface area contributed by atoms with Gasteiger partial charge in [0, 0.05) is 6.04 Å². The first-order chi connectivity index (χ1) is 6.58. The second-order valence-electron chi connectivity index (χ2n) is 3.32. The molecule has 0 radical (unpaired) electrons. The van der Waals surface area contributed by atoms with Gasteiger partial charge in [0.2, 0.25) is 0 Å². The molecule has 0 saturated carbocycles. The number of rotatable bonds is 1. The fourth-order valence-corrected chi connectivity index (χ4v) is 2.30. The van der Waals surface area contributed by atoms with Gasteiger partial charge in [-0.3, -0.25) is 0 Å². The van der Waals surface area contributed by atoms with Gasteiger partial charge >= 0.3 is 0 Å². The van der Waals surface area contributed by atoms with Crippen molar-refractivity contribution in [1.29, 1.82) is 0 Å². The molecule has 1 aromatic heterocycles. The molecule has 1 aromatic rings. The lowest BCUT2D eigenvalue weighted by Gasteiger charge is -2.23. The van der Waals surface area contributed by atoms with Gasteiger partial charge in [-0.05, 0) is 40.1 Å². The smallest absolute Gasteiger partial charge is 0.129 e. The summed E-state index contributed by atoms with van der Waals surface area (Å²) in [5, 5.41) is 4.05. The molecular formula is C10H11ClN2S. The van der Waals surface area contributed by atoms with E-state index in [0.29, 0.717) is 0 Å². The minimum atomic E-state index is -0.896. The largest absolute Gasteiger partial charge is 0.321 e. The Balaban J connectivity index is 2.39. The number of thiophene rings is 1. The van der Waals surface area contributed by atoms with Crippen LogP contribution in [0.4, 0.5) is 0 Å². The quantitative estimate of drug-likeness (QED) is 0.437. The molecule has 2 atom stereocenters. The third-order valence-corrected chi connectivity index (χ3v) is 3.07. The van der Waals surface area contributed by atoms with Crippen molar-refractivity contribution < 1.29 is 0 Å². The zero-order chi connectivity index (χ0) is 10.2. The van der Waals surface area contributed by atoms with Crippen LogP contribution in [0.15, 0.2) is 35.1 Å². The van der Waals surface area contributed by atoms with Gasteiger partial charge in [-0.1, -0.05) is 17.7 Å². The SMILES string of the molecule is NC1C=CC(N)(Cl)C=C1c1ccsc1. The second kappa shape index (κ2) is 3.51. The van der Waals surface area contributed by atoms with E-state index in [1.165, 1.54) is 0 Å². The lowest BCUT2D eigenvalue weighted by molar-refractivity contribution is 0.877. The summed E-state index contributed by atoms with van der Waals surface area (Å²) in [6, 6.07) is 1.91. The van der Waals surface area contributed by atoms with E-state index in [4.69, 9.17) is 23.1 Å². The first kappa shape index (κ1) is 9.93. The maximum Gasteiger partial charge on any atom is 0.129 e. The summed E-state index contributed by atoms with van der Waals surface area (Å²) in [5.74, 6) is 0. The molecule has 1 aliphatic carbocycles. The summed E-state index contributed by atoms with van der Waals surface area (Å²) >= 11 is 7.64. The molecule has 14 heavy (non-hydrogen) atoms. The summed E-state index contributed by atoms with van der Waals surface area (Å²) in [5.41, 5.74) is 13.8. The lowest BCUT2D eigenvalue weighted by atomic mass is 9.94. The number of nitrogens with two attached hydrogens (primary N) is 2. The molecule has 0 spiro atoms. The van der Waals surface area contributed by atoms with E-state index in [9.17, 15) is 0 Å². The highest BCUT2D eigenvalue weighted by molar-refractivity contribution is 7.08. The van der Waals surface area contributed by atoms with Gasteiger partial charge in [0.25, 0.3) is 0 Å². The zero-order valence-corrected chi connectivity index (χ0v) is 9.05. The van der Waals surface area contributed by atoms with Crippen molar-refractivity contribution in [2.75, 3.05) is 0 Å². The van der Waals surface area contributed by atoms with Gasteiger partial charge in [-0.15, -0.1) is 0 Å². The van der Waals surface area contributed by atoms with Crippen LogP contribution in [0.5, 0.6) is 0 Å². The number of hydrogen-bond acceptors (Lipinski definition) is 3. The third-order valence-electron chi connectivity index (χ3n) is 2.15. The number of hydrogen-bond donors (Lipinski definition) is 2. The first-order valence-electron chi connectivity index (χ1n) is 4.26. The van der Waals surface area contributed by atoms with Crippen molar-refractivity contribution in [2.45, 2.75) is 11.0 Å². The minimum absolute atomic E-state index is 0.111. The maximum absolute atomic E-state index is 6.01. The average molecular weight is 227 g/mol. The molecule has 4 heteroatoms. The third kappa shape index (κ3) is 1.91. The van der Waals surface area contributed by atoms with Crippen molar-refractivity contribution in [3.63, 3.8) is 0 Å². The predicted molar refractivity (Wildman–Crippen MR) is 62.2 cm³/mol. The van der Waals surface area contributed by atoms with Crippen molar-refractivity contribution in [3.05, 3.63) is 40.6 Å². The fourth-order valence-electron chi connectivity index (χ4n) is 1.44. The molecule has 0 amide bonds. The van der Waals surface area contributed by atoms with Crippen LogP contribution in [-0.4, -0.2) is 11.0 Å². The van der Waals surface area contributed by atoms with Crippen molar-refractivity contribution in [3.8, 4) is 0 Å². The maximum atomic E-state index is 6.01. The van der Waals surface area contributed by atoms with Gasteiger partial charge in [-0.25, -0.2) is 0 Å². The molecule has 1 aliphatic rings. The Morgan fingerprint density at radius 3 is 2.93 bits per heavy atom. The van der Waals surface area contributed by atoms with Crippen LogP contribution in [0.1, 0.15) is 5.56 Å². The molecule has 2 unspecified atom stereocenters. The molecule has 0 bridgehead atoms. The summed E-state index contributed by atoms with van der Waals surface area (Å²) in [6.45, 7) is 0. The predicted octanol–water partition coefficient (Wildman–Crippen LogP) is 1.92. The van der Waals surface area contributed by atoms with Crippen LogP contribution < -0.4 is 11.5 Å². The summed E-state index contributed by atoms with van der Waals surface area (Å²) in [7, 11) is 0. The molecule has 0 fully saturated rings. The molecule has 0 saturated heterocycles. The van der Waals surface area contributed by atoms with E-state index < -0.39 is 5.00 Å². The highest BCUT2D eigenvalue weighted by Crippen LogP contribution is 2.29. The van der Waals surface area contributed by atoms with E-state index >= 15 is 0 Å². The normalized spacial score (nSPS) is 31.6. The summed E-state index contributed by atoms with van der Waals surface area (Å²) in [4.78, 5) is -0.896. The Bertz CT molecular complexity index is 379. The number of halogens is 1. The van der Waals surface area contributed by atoms with E-state index in [1.54, 1.807) is 23.5 Å². The van der Waals surface area contributed by atoms with Gasteiger partial charge in [0.05, 0.1) is 0 Å². The molecule has 1 heterocycles. The Morgan fingerprint density at radius 1 is 1.50 bits per heavy atom. The van der Waals surface area contributed by atoms with Gasteiger partial charge in [0.1, 0.15) is 5.00 Å². The van der Waals surface area contributed by atoms with E-state index in [0.717, 1.165) is 11.1 Å². The van der Waals surface area contributed by atoms with E-state index in [1.807, 2.05) is 22.9 Å². The Labute approximate surface area is 91.9 Å². The Morgan fingerprint density at radius 2 is 2.29 bits per heavy atom.